The Morgan fingerprint density at radius 2 is 2.06 bits per heavy atom. The summed E-state index contributed by atoms with van der Waals surface area (Å²) in [5.41, 5.74) is 8.64. The van der Waals surface area contributed by atoms with Gasteiger partial charge in [-0.25, -0.2) is 13.8 Å². The molecule has 0 saturated heterocycles. The van der Waals surface area contributed by atoms with E-state index < -0.39 is 23.6 Å². The van der Waals surface area contributed by atoms with Gasteiger partial charge in [-0.1, -0.05) is 12.1 Å². The maximum absolute atomic E-state index is 14.3. The van der Waals surface area contributed by atoms with Gasteiger partial charge in [0.15, 0.2) is 11.6 Å². The smallest absolute Gasteiger partial charge is 0.254 e. The number of hydrogen-bond donors (Lipinski definition) is 3. The molecule has 1 aliphatic rings. The predicted octanol–water partition coefficient (Wildman–Crippen LogP) is 3.77. The first-order chi connectivity index (χ1) is 16.3. The van der Waals surface area contributed by atoms with Crippen molar-refractivity contribution >= 4 is 23.4 Å². The number of primary amides is 1. The summed E-state index contributed by atoms with van der Waals surface area (Å²) in [6.45, 7) is 3.40. The first kappa shape index (κ1) is 23.4. The molecule has 2 aromatic carbocycles. The van der Waals surface area contributed by atoms with E-state index in [-0.39, 0.29) is 22.9 Å². The molecule has 1 aliphatic heterocycles. The van der Waals surface area contributed by atoms with Crippen molar-refractivity contribution in [2.45, 2.75) is 25.9 Å². The summed E-state index contributed by atoms with van der Waals surface area (Å²) < 4.78 is 33.5. The molecule has 0 unspecified atom stereocenters. The van der Waals surface area contributed by atoms with Gasteiger partial charge >= 0.3 is 0 Å². The molecule has 1 amide bonds. The molecule has 3 aromatic rings. The van der Waals surface area contributed by atoms with E-state index in [1.54, 1.807) is 14.0 Å². The minimum absolute atomic E-state index is 0.0215. The average molecular weight is 469 g/mol. The molecule has 0 fully saturated rings. The number of fused-ring (bicyclic) bond motifs is 1. The Morgan fingerprint density at radius 1 is 1.26 bits per heavy atom. The average Bonchev–Trinajstić information content (AvgIpc) is 2.80. The van der Waals surface area contributed by atoms with E-state index in [1.807, 2.05) is 12.1 Å². The summed E-state index contributed by atoms with van der Waals surface area (Å²) in [6, 6.07) is 7.19. The number of carbonyl (C=O) groups excluding carboxylic acids is 1. The van der Waals surface area contributed by atoms with Gasteiger partial charge in [0.05, 0.1) is 24.4 Å². The van der Waals surface area contributed by atoms with Crippen molar-refractivity contribution in [2.24, 2.45) is 5.73 Å². The summed E-state index contributed by atoms with van der Waals surface area (Å²) in [7, 11) is 3.65. The summed E-state index contributed by atoms with van der Waals surface area (Å²) in [6.07, 6.45) is 2.21. The molecule has 178 valence electrons. The van der Waals surface area contributed by atoms with Crippen LogP contribution in [0, 0.1) is 11.6 Å². The van der Waals surface area contributed by atoms with Crippen LogP contribution in [0.4, 0.5) is 26.2 Å². The van der Waals surface area contributed by atoms with E-state index in [0.29, 0.717) is 11.4 Å². The van der Waals surface area contributed by atoms with Crippen LogP contribution in [-0.4, -0.2) is 41.5 Å². The van der Waals surface area contributed by atoms with Crippen molar-refractivity contribution in [2.75, 3.05) is 31.3 Å². The number of carbonyl (C=O) groups is 1. The SMILES string of the molecule is COc1cc2c(cc1Nc1ncc(C(N)=O)c(N[C@H](C)c3cccc(F)c3F)n1)CN(C)CC2. The summed E-state index contributed by atoms with van der Waals surface area (Å²) in [5, 5.41) is 6.09. The number of amides is 1. The van der Waals surface area contributed by atoms with Crippen LogP contribution in [0.2, 0.25) is 0 Å². The number of rotatable bonds is 7. The second-order valence-corrected chi connectivity index (χ2v) is 8.26. The number of likely N-dealkylation sites (N-methyl/N-ethyl adjacent to an activating group) is 1. The number of nitrogens with one attached hydrogen (secondary N) is 2. The molecule has 2 heterocycles. The lowest BCUT2D eigenvalue weighted by atomic mass is 9.99. The Morgan fingerprint density at radius 3 is 2.79 bits per heavy atom. The molecule has 4 rings (SSSR count). The molecule has 0 aliphatic carbocycles. The van der Waals surface area contributed by atoms with Gasteiger partial charge in [0.25, 0.3) is 5.91 Å². The first-order valence-electron chi connectivity index (χ1n) is 10.8. The van der Waals surface area contributed by atoms with Gasteiger partial charge in [0.2, 0.25) is 5.95 Å². The fourth-order valence-corrected chi connectivity index (χ4v) is 3.98. The molecule has 1 atom stereocenters. The quantitative estimate of drug-likeness (QED) is 0.485. The van der Waals surface area contributed by atoms with Gasteiger partial charge in [0.1, 0.15) is 11.6 Å². The van der Waals surface area contributed by atoms with Crippen molar-refractivity contribution in [1.29, 1.82) is 0 Å². The van der Waals surface area contributed by atoms with E-state index in [1.165, 1.54) is 29.5 Å². The van der Waals surface area contributed by atoms with Crippen LogP contribution >= 0.6 is 0 Å². The van der Waals surface area contributed by atoms with E-state index in [9.17, 15) is 13.6 Å². The van der Waals surface area contributed by atoms with Crippen LogP contribution in [0.5, 0.6) is 5.75 Å². The molecule has 0 spiro atoms. The van der Waals surface area contributed by atoms with E-state index >= 15 is 0 Å². The number of aromatic nitrogens is 2. The van der Waals surface area contributed by atoms with Crippen molar-refractivity contribution in [3.63, 3.8) is 0 Å². The van der Waals surface area contributed by atoms with Crippen molar-refractivity contribution in [3.05, 3.63) is 70.4 Å². The number of methoxy groups -OCH3 is 1. The zero-order valence-corrected chi connectivity index (χ0v) is 19.2. The highest BCUT2D eigenvalue weighted by Crippen LogP contribution is 2.33. The Labute approximate surface area is 196 Å². The topological polar surface area (TPSA) is 105 Å². The molecular weight excluding hydrogens is 442 g/mol. The Balaban J connectivity index is 1.66. The normalized spacial score (nSPS) is 14.3. The van der Waals surface area contributed by atoms with Crippen LogP contribution in [-0.2, 0) is 13.0 Å². The number of benzene rings is 2. The van der Waals surface area contributed by atoms with Crippen molar-refractivity contribution in [1.82, 2.24) is 14.9 Å². The minimum Gasteiger partial charge on any atom is -0.495 e. The molecule has 4 N–H and O–H groups in total. The van der Waals surface area contributed by atoms with Gasteiger partial charge in [0, 0.05) is 24.8 Å². The Bertz CT molecular complexity index is 1240. The monoisotopic (exact) mass is 468 g/mol. The lowest BCUT2D eigenvalue weighted by Crippen LogP contribution is -2.26. The molecule has 1 aromatic heterocycles. The van der Waals surface area contributed by atoms with Gasteiger partial charge in [-0.15, -0.1) is 0 Å². The third kappa shape index (κ3) is 4.76. The van der Waals surface area contributed by atoms with Crippen LogP contribution in [0.1, 0.15) is 40.0 Å². The molecule has 10 heteroatoms. The summed E-state index contributed by atoms with van der Waals surface area (Å²) in [5.74, 6) is -1.78. The standard InChI is InChI=1S/C24H26F2N6O2/c1-13(16-5-4-6-18(25)21(16)26)29-23-17(22(27)33)11-28-24(31-23)30-19-9-15-12-32(2)8-7-14(15)10-20(19)34-3/h4-6,9-11,13H,7-8,12H2,1-3H3,(H2,27,33)(H2,28,29,30,31)/t13-/m1/s1. The fourth-order valence-electron chi connectivity index (χ4n) is 3.98. The first-order valence-corrected chi connectivity index (χ1v) is 10.8. The van der Waals surface area contributed by atoms with Crippen LogP contribution in [0.3, 0.4) is 0 Å². The van der Waals surface area contributed by atoms with Crippen molar-refractivity contribution in [3.8, 4) is 5.75 Å². The number of anilines is 3. The minimum atomic E-state index is -0.973. The van der Waals surface area contributed by atoms with Crippen molar-refractivity contribution < 1.29 is 18.3 Å². The fraction of sp³-hybridized carbons (Fsp3) is 0.292. The molecule has 0 bridgehead atoms. The third-order valence-electron chi connectivity index (χ3n) is 5.83. The largest absolute Gasteiger partial charge is 0.495 e. The number of hydrogen-bond acceptors (Lipinski definition) is 7. The summed E-state index contributed by atoms with van der Waals surface area (Å²) in [4.78, 5) is 22.8. The predicted molar refractivity (Wildman–Crippen MR) is 125 cm³/mol. The van der Waals surface area contributed by atoms with Crippen LogP contribution in [0.25, 0.3) is 0 Å². The van der Waals surface area contributed by atoms with Gasteiger partial charge in [-0.2, -0.15) is 4.98 Å². The maximum atomic E-state index is 14.3. The maximum Gasteiger partial charge on any atom is 0.254 e. The zero-order valence-electron chi connectivity index (χ0n) is 19.2. The number of ether oxygens (including phenoxy) is 1. The molecule has 34 heavy (non-hydrogen) atoms. The number of halogens is 2. The molecule has 0 radical (unpaired) electrons. The summed E-state index contributed by atoms with van der Waals surface area (Å²) >= 11 is 0. The molecule has 0 saturated carbocycles. The highest BCUT2D eigenvalue weighted by molar-refractivity contribution is 5.97. The van der Waals surface area contributed by atoms with E-state index in [4.69, 9.17) is 10.5 Å². The Hall–Kier alpha value is -3.79. The van der Waals surface area contributed by atoms with Crippen LogP contribution < -0.4 is 21.1 Å². The highest BCUT2D eigenvalue weighted by atomic mass is 19.2. The van der Waals surface area contributed by atoms with E-state index in [0.717, 1.165) is 25.6 Å². The number of nitrogens with two attached hydrogens (primary N) is 1. The molecule has 8 nitrogen and oxygen atoms in total. The zero-order chi connectivity index (χ0) is 24.4. The highest BCUT2D eigenvalue weighted by Gasteiger charge is 2.20. The Kier molecular flexibility index (Phi) is 6.60. The number of nitrogens with zero attached hydrogens (tertiary/aromatic N) is 3. The van der Waals surface area contributed by atoms with Gasteiger partial charge in [-0.3, -0.25) is 4.79 Å². The molecular formula is C24H26F2N6O2. The lowest BCUT2D eigenvalue weighted by molar-refractivity contribution is 0.100. The van der Waals surface area contributed by atoms with Crippen LogP contribution in [0.15, 0.2) is 36.5 Å². The lowest BCUT2D eigenvalue weighted by Gasteiger charge is -2.26. The second-order valence-electron chi connectivity index (χ2n) is 8.26. The third-order valence-corrected chi connectivity index (χ3v) is 5.83. The van der Waals surface area contributed by atoms with Gasteiger partial charge < -0.3 is 26.0 Å². The van der Waals surface area contributed by atoms with E-state index in [2.05, 4.69) is 32.5 Å². The van der Waals surface area contributed by atoms with Gasteiger partial charge in [-0.05, 0) is 49.7 Å². The second kappa shape index (κ2) is 9.60.